The van der Waals surface area contributed by atoms with Crippen LogP contribution in [0.3, 0.4) is 0 Å². The highest BCUT2D eigenvalue weighted by atomic mass is 32.1. The fraction of sp³-hybridized carbons (Fsp3) is 0.444. The largest absolute Gasteiger partial charge is 0.313 e. The maximum Gasteiger partial charge on any atom is 0.115 e. The molecular weight excluding hydrogens is 168 g/mol. The van der Waals surface area contributed by atoms with Crippen molar-refractivity contribution in [3.05, 3.63) is 22.2 Å². The summed E-state index contributed by atoms with van der Waals surface area (Å²) < 4.78 is 0. The summed E-state index contributed by atoms with van der Waals surface area (Å²) in [5.74, 6) is 0. The van der Waals surface area contributed by atoms with E-state index < -0.39 is 0 Å². The molecule has 1 rings (SSSR count). The van der Waals surface area contributed by atoms with Crippen molar-refractivity contribution in [3.8, 4) is 0 Å². The first kappa shape index (κ1) is 9.42. The van der Waals surface area contributed by atoms with Gasteiger partial charge in [0.15, 0.2) is 0 Å². The van der Waals surface area contributed by atoms with Gasteiger partial charge < -0.3 is 5.32 Å². The lowest BCUT2D eigenvalue weighted by Crippen LogP contribution is -2.14. The molecule has 1 N–H and O–H groups in total. The predicted octanol–water partition coefficient (Wildman–Crippen LogP) is 2.16. The molecule has 0 saturated heterocycles. The summed E-state index contributed by atoms with van der Waals surface area (Å²) in [6.07, 6.45) is 3.95. The highest BCUT2D eigenvalue weighted by Crippen LogP contribution is 2.08. The summed E-state index contributed by atoms with van der Waals surface area (Å²) in [5, 5.41) is 6.35. The minimum atomic E-state index is 0.954. The van der Waals surface area contributed by atoms with Crippen LogP contribution in [0.4, 0.5) is 0 Å². The molecule has 0 saturated carbocycles. The molecule has 1 aromatic heterocycles. The molecule has 66 valence electrons. The summed E-state index contributed by atoms with van der Waals surface area (Å²) in [7, 11) is 0. The van der Waals surface area contributed by atoms with Crippen LogP contribution >= 0.6 is 11.3 Å². The smallest absolute Gasteiger partial charge is 0.115 e. The van der Waals surface area contributed by atoms with Gasteiger partial charge in [0.25, 0.3) is 0 Å². The predicted molar refractivity (Wildman–Crippen MR) is 54.3 cm³/mol. The van der Waals surface area contributed by atoms with E-state index in [0.29, 0.717) is 0 Å². The van der Waals surface area contributed by atoms with Crippen molar-refractivity contribution in [2.24, 2.45) is 0 Å². The number of hydrogen-bond acceptors (Lipinski definition) is 3. The lowest BCUT2D eigenvalue weighted by atomic mass is 10.3. The zero-order valence-corrected chi connectivity index (χ0v) is 8.32. The third kappa shape index (κ3) is 3.15. The molecule has 0 aliphatic carbocycles. The molecule has 3 heteroatoms. The highest BCUT2D eigenvalue weighted by Gasteiger charge is 1.91. The van der Waals surface area contributed by atoms with Gasteiger partial charge in [-0.05, 0) is 19.5 Å². The SMILES string of the molecule is CCNC/C(C)=C/c1nccs1. The maximum atomic E-state index is 4.18. The van der Waals surface area contributed by atoms with Crippen LogP contribution < -0.4 is 5.32 Å². The minimum absolute atomic E-state index is 0.954. The number of aromatic nitrogens is 1. The van der Waals surface area contributed by atoms with Gasteiger partial charge in [-0.15, -0.1) is 11.3 Å². The topological polar surface area (TPSA) is 24.9 Å². The lowest BCUT2D eigenvalue weighted by Gasteiger charge is -1.99. The van der Waals surface area contributed by atoms with Crippen LogP contribution in [0, 0.1) is 0 Å². The number of nitrogens with one attached hydrogen (secondary N) is 1. The maximum absolute atomic E-state index is 4.18. The zero-order valence-electron chi connectivity index (χ0n) is 7.50. The Balaban J connectivity index is 2.46. The number of thiazole rings is 1. The van der Waals surface area contributed by atoms with E-state index in [-0.39, 0.29) is 0 Å². The van der Waals surface area contributed by atoms with Crippen molar-refractivity contribution in [2.45, 2.75) is 13.8 Å². The minimum Gasteiger partial charge on any atom is -0.313 e. The molecule has 0 atom stereocenters. The first-order chi connectivity index (χ1) is 5.83. The van der Waals surface area contributed by atoms with Crippen molar-refractivity contribution in [1.29, 1.82) is 0 Å². The van der Waals surface area contributed by atoms with Crippen molar-refractivity contribution in [3.63, 3.8) is 0 Å². The summed E-state index contributed by atoms with van der Waals surface area (Å²) in [4.78, 5) is 4.18. The molecule has 0 bridgehead atoms. The van der Waals surface area contributed by atoms with Gasteiger partial charge in [0, 0.05) is 18.1 Å². The standard InChI is InChI=1S/C9H14N2S/c1-3-10-7-8(2)6-9-11-4-5-12-9/h4-6,10H,3,7H2,1-2H3/b8-6+. The molecule has 0 radical (unpaired) electrons. The van der Waals surface area contributed by atoms with Crippen LogP contribution in [0.5, 0.6) is 0 Å². The summed E-state index contributed by atoms with van der Waals surface area (Å²) >= 11 is 1.67. The van der Waals surface area contributed by atoms with E-state index in [1.807, 2.05) is 11.6 Å². The number of likely N-dealkylation sites (N-methyl/N-ethyl adjacent to an activating group) is 1. The molecule has 12 heavy (non-hydrogen) atoms. The Kier molecular flexibility index (Phi) is 3.97. The van der Waals surface area contributed by atoms with Gasteiger partial charge in [0.05, 0.1) is 0 Å². The van der Waals surface area contributed by atoms with Gasteiger partial charge in [0.2, 0.25) is 0 Å². The Morgan fingerprint density at radius 1 is 1.75 bits per heavy atom. The molecule has 0 spiro atoms. The Labute approximate surface area is 77.3 Å². The molecule has 2 nitrogen and oxygen atoms in total. The van der Waals surface area contributed by atoms with E-state index in [9.17, 15) is 0 Å². The van der Waals surface area contributed by atoms with Gasteiger partial charge in [-0.1, -0.05) is 12.5 Å². The van der Waals surface area contributed by atoms with Gasteiger partial charge in [-0.2, -0.15) is 0 Å². The normalized spacial score (nSPS) is 12.0. The average Bonchev–Trinajstić information content (AvgIpc) is 2.53. The molecule has 0 unspecified atom stereocenters. The van der Waals surface area contributed by atoms with E-state index in [1.54, 1.807) is 11.3 Å². The first-order valence-corrected chi connectivity index (χ1v) is 4.98. The van der Waals surface area contributed by atoms with E-state index in [0.717, 1.165) is 18.1 Å². The van der Waals surface area contributed by atoms with Crippen molar-refractivity contribution in [2.75, 3.05) is 13.1 Å². The van der Waals surface area contributed by atoms with Crippen molar-refractivity contribution in [1.82, 2.24) is 10.3 Å². The molecule has 0 amide bonds. The molecule has 0 aliphatic rings. The molecular formula is C9H14N2S. The quantitative estimate of drug-likeness (QED) is 0.772. The van der Waals surface area contributed by atoms with Gasteiger partial charge in [-0.3, -0.25) is 0 Å². The van der Waals surface area contributed by atoms with E-state index >= 15 is 0 Å². The third-order valence-corrected chi connectivity index (χ3v) is 2.20. The monoisotopic (exact) mass is 182 g/mol. The second kappa shape index (κ2) is 5.06. The zero-order chi connectivity index (χ0) is 8.81. The first-order valence-electron chi connectivity index (χ1n) is 4.10. The van der Waals surface area contributed by atoms with Crippen molar-refractivity contribution < 1.29 is 0 Å². The van der Waals surface area contributed by atoms with Gasteiger partial charge in [0.1, 0.15) is 5.01 Å². The Bertz CT molecular complexity index is 239. The van der Waals surface area contributed by atoms with E-state index in [4.69, 9.17) is 0 Å². The Hall–Kier alpha value is -0.670. The summed E-state index contributed by atoms with van der Waals surface area (Å²) in [6, 6.07) is 0. The molecule has 1 aromatic rings. The van der Waals surface area contributed by atoms with Crippen LogP contribution in [-0.4, -0.2) is 18.1 Å². The molecule has 0 aliphatic heterocycles. The lowest BCUT2D eigenvalue weighted by molar-refractivity contribution is 0.778. The second-order valence-electron chi connectivity index (χ2n) is 2.64. The highest BCUT2D eigenvalue weighted by molar-refractivity contribution is 7.10. The summed E-state index contributed by atoms with van der Waals surface area (Å²) in [6.45, 7) is 6.19. The van der Waals surface area contributed by atoms with E-state index in [2.05, 4.69) is 30.2 Å². The van der Waals surface area contributed by atoms with E-state index in [1.165, 1.54) is 5.57 Å². The average molecular weight is 182 g/mol. The fourth-order valence-electron chi connectivity index (χ4n) is 0.890. The molecule has 0 aromatic carbocycles. The number of rotatable bonds is 4. The second-order valence-corrected chi connectivity index (χ2v) is 3.57. The number of nitrogens with zero attached hydrogens (tertiary/aromatic N) is 1. The fourth-order valence-corrected chi connectivity index (χ4v) is 1.54. The van der Waals surface area contributed by atoms with Crippen LogP contribution in [0.1, 0.15) is 18.9 Å². The van der Waals surface area contributed by atoms with Crippen LogP contribution in [0.25, 0.3) is 6.08 Å². The van der Waals surface area contributed by atoms with Crippen LogP contribution in [0.2, 0.25) is 0 Å². The Morgan fingerprint density at radius 2 is 2.58 bits per heavy atom. The molecule has 0 fully saturated rings. The third-order valence-electron chi connectivity index (χ3n) is 1.48. The molecule has 1 heterocycles. The van der Waals surface area contributed by atoms with Crippen LogP contribution in [0.15, 0.2) is 17.2 Å². The number of hydrogen-bond donors (Lipinski definition) is 1. The van der Waals surface area contributed by atoms with Crippen molar-refractivity contribution >= 4 is 17.4 Å². The Morgan fingerprint density at radius 3 is 3.17 bits per heavy atom. The van der Waals surface area contributed by atoms with Crippen LogP contribution in [-0.2, 0) is 0 Å². The summed E-state index contributed by atoms with van der Waals surface area (Å²) in [5.41, 5.74) is 1.33. The van der Waals surface area contributed by atoms with Gasteiger partial charge >= 0.3 is 0 Å². The van der Waals surface area contributed by atoms with Gasteiger partial charge in [-0.25, -0.2) is 4.98 Å².